The summed E-state index contributed by atoms with van der Waals surface area (Å²) >= 11 is 3.21. The molecule has 3 aliphatic heterocycles. The lowest BCUT2D eigenvalue weighted by atomic mass is 9.85. The number of likely N-dealkylation sites (tertiary alicyclic amines) is 1. The maximum Gasteiger partial charge on any atom is 0.308 e. The second-order valence-corrected chi connectivity index (χ2v) is 23.4. The Labute approximate surface area is 454 Å². The van der Waals surface area contributed by atoms with E-state index in [0.29, 0.717) is 47.8 Å². The van der Waals surface area contributed by atoms with Gasteiger partial charge in [0.15, 0.2) is 11.6 Å². The largest absolute Gasteiger partial charge is 0.469 e. The minimum Gasteiger partial charge on any atom is -0.469 e. The quantitative estimate of drug-likeness (QED) is 0.0800. The van der Waals surface area contributed by atoms with Crippen molar-refractivity contribution in [1.82, 2.24) is 35.3 Å². The number of aliphatic hydroxyl groups excluding tert-OH is 1. The average Bonchev–Trinajstić information content (AvgIpc) is 4.32. The predicted molar refractivity (Wildman–Crippen MR) is 296 cm³/mol. The van der Waals surface area contributed by atoms with Crippen molar-refractivity contribution < 1.29 is 38.2 Å². The van der Waals surface area contributed by atoms with Gasteiger partial charge in [-0.3, -0.25) is 33.5 Å². The van der Waals surface area contributed by atoms with E-state index in [9.17, 15) is 29.1 Å². The summed E-state index contributed by atoms with van der Waals surface area (Å²) in [5.74, 6) is -1.08. The highest BCUT2D eigenvalue weighted by atomic mass is 32.1. The van der Waals surface area contributed by atoms with Crippen LogP contribution < -0.4 is 20.9 Å². The number of ether oxygens (including phenoxy) is 1. The number of benzene rings is 3. The van der Waals surface area contributed by atoms with Crippen molar-refractivity contribution in [3.8, 4) is 15.4 Å². The number of fused-ring (bicyclic) bond motifs is 4. The van der Waals surface area contributed by atoms with E-state index in [1.54, 1.807) is 46.9 Å². The van der Waals surface area contributed by atoms with Gasteiger partial charge in [-0.05, 0) is 99.5 Å². The molecular formula is C57H62N10O8S2. The van der Waals surface area contributed by atoms with E-state index < -0.39 is 53.3 Å². The van der Waals surface area contributed by atoms with Crippen LogP contribution in [0.4, 0.5) is 11.4 Å². The summed E-state index contributed by atoms with van der Waals surface area (Å²) in [7, 11) is 1.36. The van der Waals surface area contributed by atoms with Gasteiger partial charge in [-0.25, -0.2) is 4.98 Å². The number of esters is 1. The first-order chi connectivity index (χ1) is 36.8. The van der Waals surface area contributed by atoms with Gasteiger partial charge in [0.1, 0.15) is 34.5 Å². The number of hydrogen-bond acceptors (Lipinski definition) is 15. The second-order valence-electron chi connectivity index (χ2n) is 21.3. The Morgan fingerprint density at radius 3 is 2.35 bits per heavy atom. The number of aliphatic imine (C=N–C) groups is 1. The number of thiophene rings is 1. The highest BCUT2D eigenvalue weighted by Gasteiger charge is 2.45. The number of aliphatic hydroxyl groups is 1. The SMILES string of the molecule is COC(=O)C[C@@H]1N=C(c2ccc(N3CC[C@@H](C(=O)Nc4ccc5oc(C(=O)NC(C(=O)N6C[C@H](O)C[C@H]6C(=O)N[C@@H](C)c6ccc(-c7scnc7C)cc6)C(C)(C)C)cc5c4)C3)cc2)c2c(sc(C)c2C)-n2c(C)nnc21. The van der Waals surface area contributed by atoms with E-state index in [0.717, 1.165) is 59.7 Å². The summed E-state index contributed by atoms with van der Waals surface area (Å²) in [6.07, 6.45) is -0.218. The normalized spacial score (nSPS) is 19.0. The number of carbonyl (C=O) groups excluding carboxylic acids is 5. The molecule has 400 valence electrons. The van der Waals surface area contributed by atoms with Crippen LogP contribution in [0.5, 0.6) is 0 Å². The van der Waals surface area contributed by atoms with Gasteiger partial charge in [0.05, 0.1) is 53.4 Å². The molecule has 7 aromatic rings. The van der Waals surface area contributed by atoms with Gasteiger partial charge in [-0.1, -0.05) is 57.2 Å². The van der Waals surface area contributed by atoms with Crippen molar-refractivity contribution in [3.05, 3.63) is 129 Å². The molecule has 3 aromatic carbocycles. The third-order valence-corrected chi connectivity index (χ3v) is 17.1. The molecular weight excluding hydrogens is 1020 g/mol. The van der Waals surface area contributed by atoms with E-state index in [1.165, 1.54) is 12.0 Å². The lowest BCUT2D eigenvalue weighted by Crippen LogP contribution is -2.57. The van der Waals surface area contributed by atoms with E-state index in [1.807, 2.05) is 100 Å². The summed E-state index contributed by atoms with van der Waals surface area (Å²) in [6.45, 7) is 16.5. The molecule has 4 N–H and O–H groups in total. The molecule has 18 nitrogen and oxygen atoms in total. The van der Waals surface area contributed by atoms with E-state index in [-0.39, 0.29) is 43.0 Å². The van der Waals surface area contributed by atoms with Crippen molar-refractivity contribution in [2.24, 2.45) is 16.3 Å². The molecule has 4 amide bonds. The second kappa shape index (κ2) is 21.1. The number of carbonyl (C=O) groups is 5. The van der Waals surface area contributed by atoms with Crippen LogP contribution in [0.1, 0.15) is 114 Å². The molecule has 0 bridgehead atoms. The van der Waals surface area contributed by atoms with Crippen LogP contribution >= 0.6 is 22.7 Å². The van der Waals surface area contributed by atoms with E-state index in [2.05, 4.69) is 49.9 Å². The number of rotatable bonds is 13. The number of aryl methyl sites for hydroxylation is 3. The van der Waals surface area contributed by atoms with Crippen LogP contribution in [-0.2, 0) is 23.9 Å². The predicted octanol–water partition coefficient (Wildman–Crippen LogP) is 8.34. The topological polar surface area (TPSA) is 226 Å². The number of β-amino-alcohol motifs (C(OH)–C–C–N with tert-alkyl or cyclic N) is 1. The third kappa shape index (κ3) is 10.5. The molecule has 0 aliphatic carbocycles. The first kappa shape index (κ1) is 52.9. The smallest absolute Gasteiger partial charge is 0.308 e. The minimum atomic E-state index is -1.08. The molecule has 2 fully saturated rings. The zero-order chi connectivity index (χ0) is 54.6. The maximum absolute atomic E-state index is 14.4. The Morgan fingerprint density at radius 2 is 1.65 bits per heavy atom. The number of hydrogen-bond donors (Lipinski definition) is 4. The highest BCUT2D eigenvalue weighted by Crippen LogP contribution is 2.40. The Morgan fingerprint density at radius 1 is 0.909 bits per heavy atom. The van der Waals surface area contributed by atoms with Gasteiger partial charge in [-0.15, -0.1) is 32.9 Å². The number of amides is 4. The first-order valence-corrected chi connectivity index (χ1v) is 27.4. The molecule has 0 radical (unpaired) electrons. The number of methoxy groups -OCH3 is 1. The number of nitrogens with zero attached hydrogens (tertiary/aromatic N) is 7. The summed E-state index contributed by atoms with van der Waals surface area (Å²) in [5, 5.41) is 30.1. The Bertz CT molecular complexity index is 3460. The van der Waals surface area contributed by atoms with Crippen LogP contribution in [0.15, 0.2) is 87.7 Å². The molecule has 4 aromatic heterocycles. The molecule has 77 heavy (non-hydrogen) atoms. The van der Waals surface area contributed by atoms with Crippen LogP contribution in [0.2, 0.25) is 0 Å². The fourth-order valence-electron chi connectivity index (χ4n) is 10.5. The fourth-order valence-corrected chi connectivity index (χ4v) is 12.5. The Hall–Kier alpha value is -7.55. The zero-order valence-corrected chi connectivity index (χ0v) is 46.1. The molecule has 2 saturated heterocycles. The van der Waals surface area contributed by atoms with Crippen LogP contribution in [0, 0.1) is 39.0 Å². The van der Waals surface area contributed by atoms with Gasteiger partial charge in [0.2, 0.25) is 17.7 Å². The van der Waals surface area contributed by atoms with Crippen molar-refractivity contribution in [1.29, 1.82) is 0 Å². The molecule has 7 heterocycles. The maximum atomic E-state index is 14.4. The average molecular weight is 1080 g/mol. The third-order valence-electron chi connectivity index (χ3n) is 14.9. The summed E-state index contributed by atoms with van der Waals surface area (Å²) in [4.78, 5) is 83.9. The monoisotopic (exact) mass is 1080 g/mol. The molecule has 10 rings (SSSR count). The number of anilines is 2. The fraction of sp³-hybridized carbons (Fsp3) is 0.386. The number of thiazole rings is 1. The van der Waals surface area contributed by atoms with Crippen LogP contribution in [0.25, 0.3) is 26.4 Å². The number of aromatic nitrogens is 4. The van der Waals surface area contributed by atoms with E-state index >= 15 is 0 Å². The van der Waals surface area contributed by atoms with Crippen LogP contribution in [0.3, 0.4) is 0 Å². The van der Waals surface area contributed by atoms with E-state index in [4.69, 9.17) is 14.1 Å². The van der Waals surface area contributed by atoms with Gasteiger partial charge < -0.3 is 40.0 Å². The standard InChI is InChI=1S/C57H62N10O8S2/c1-29-32(4)77-56-47(29)48(61-42(25-46(69)74-9)51-64-63-33(5)67(51)56)35-14-17-40(18-15-35)65-21-20-37(26-65)52(70)60-39-16-19-44-38(22-39)23-45(75-44)54(72)62-50(57(6,7)8)55(73)66-27-41(68)24-43(66)53(71)59-30(2)34-10-12-36(13-11-34)49-31(3)58-28-76-49/h10-19,22-23,28,30,37,41-43,50,68H,20-21,24-27H2,1-9H3,(H,59,71)(H,60,70)(H,62,72)/t30-,37+,41+,42-,43-,50?/m0/s1. The Balaban J connectivity index is 0.774. The Kier molecular flexibility index (Phi) is 14.5. The molecule has 6 atom stereocenters. The number of nitrogens with one attached hydrogen (secondary N) is 3. The van der Waals surface area contributed by atoms with Gasteiger partial charge in [0, 0.05) is 58.8 Å². The van der Waals surface area contributed by atoms with Crippen LogP contribution in [-0.4, -0.2) is 110 Å². The van der Waals surface area contributed by atoms with Crippen molar-refractivity contribution in [3.63, 3.8) is 0 Å². The molecule has 3 aliphatic rings. The lowest BCUT2D eigenvalue weighted by Gasteiger charge is -2.35. The molecule has 0 saturated carbocycles. The van der Waals surface area contributed by atoms with Crippen molar-refractivity contribution >= 4 is 80.3 Å². The van der Waals surface area contributed by atoms with Gasteiger partial charge in [-0.2, -0.15) is 0 Å². The minimum absolute atomic E-state index is 0.0147. The summed E-state index contributed by atoms with van der Waals surface area (Å²) in [6, 6.07) is 19.8. The summed E-state index contributed by atoms with van der Waals surface area (Å²) < 4.78 is 13.0. The molecule has 20 heteroatoms. The first-order valence-electron chi connectivity index (χ1n) is 25.7. The van der Waals surface area contributed by atoms with Gasteiger partial charge >= 0.3 is 5.97 Å². The summed E-state index contributed by atoms with van der Waals surface area (Å²) in [5.41, 5.74) is 9.52. The lowest BCUT2D eigenvalue weighted by molar-refractivity contribution is -0.142. The highest BCUT2D eigenvalue weighted by molar-refractivity contribution is 7.15. The van der Waals surface area contributed by atoms with Crippen molar-refractivity contribution in [2.75, 3.05) is 37.0 Å². The van der Waals surface area contributed by atoms with Gasteiger partial charge in [0.25, 0.3) is 5.91 Å². The molecule has 1 unspecified atom stereocenters. The van der Waals surface area contributed by atoms with Crippen molar-refractivity contribution in [2.45, 2.75) is 105 Å². The zero-order valence-electron chi connectivity index (χ0n) is 44.5. The number of furan rings is 1. The molecule has 0 spiro atoms.